The van der Waals surface area contributed by atoms with Gasteiger partial charge in [0.05, 0.1) is 10.9 Å². The number of aromatic nitrogens is 2. The molecule has 0 saturated heterocycles. The molecular weight excluding hydrogens is 288 g/mol. The number of hydrogen-bond acceptors (Lipinski definition) is 3. The summed E-state index contributed by atoms with van der Waals surface area (Å²) >= 11 is 5.99. The molecule has 2 heterocycles. The van der Waals surface area contributed by atoms with E-state index in [-0.39, 0.29) is 11.6 Å². The van der Waals surface area contributed by atoms with Crippen molar-refractivity contribution in [2.24, 2.45) is 0 Å². The summed E-state index contributed by atoms with van der Waals surface area (Å²) < 4.78 is 7.21. The summed E-state index contributed by atoms with van der Waals surface area (Å²) in [5.74, 6) is 0. The highest BCUT2D eigenvalue weighted by atomic mass is 35.5. The van der Waals surface area contributed by atoms with E-state index in [2.05, 4.69) is 4.98 Å². The van der Waals surface area contributed by atoms with E-state index >= 15 is 0 Å². The molecule has 3 aromatic rings. The van der Waals surface area contributed by atoms with Gasteiger partial charge in [0.2, 0.25) is 0 Å². The van der Waals surface area contributed by atoms with Gasteiger partial charge in [0, 0.05) is 5.02 Å². The SMILES string of the molecule is O=c1c2cc(Cl)ccc2nc2n1C(c1ccccc1)CO2. The molecule has 0 bridgehead atoms. The minimum atomic E-state index is -0.149. The summed E-state index contributed by atoms with van der Waals surface area (Å²) in [4.78, 5) is 17.2. The van der Waals surface area contributed by atoms with E-state index in [0.29, 0.717) is 28.5 Å². The highest BCUT2D eigenvalue weighted by molar-refractivity contribution is 6.31. The Kier molecular flexibility index (Phi) is 2.72. The topological polar surface area (TPSA) is 44.1 Å². The molecule has 0 radical (unpaired) electrons. The van der Waals surface area contributed by atoms with E-state index in [1.54, 1.807) is 22.8 Å². The number of rotatable bonds is 1. The van der Waals surface area contributed by atoms with Gasteiger partial charge in [-0.15, -0.1) is 0 Å². The number of halogens is 1. The van der Waals surface area contributed by atoms with Crippen molar-refractivity contribution in [2.45, 2.75) is 6.04 Å². The Morgan fingerprint density at radius 3 is 2.81 bits per heavy atom. The predicted molar refractivity (Wildman–Crippen MR) is 81.1 cm³/mol. The summed E-state index contributed by atoms with van der Waals surface area (Å²) in [7, 11) is 0. The van der Waals surface area contributed by atoms with E-state index in [0.717, 1.165) is 5.56 Å². The van der Waals surface area contributed by atoms with Crippen molar-refractivity contribution in [3.05, 3.63) is 69.5 Å². The molecule has 1 atom stereocenters. The molecule has 4 rings (SSSR count). The zero-order chi connectivity index (χ0) is 14.4. The lowest BCUT2D eigenvalue weighted by Gasteiger charge is -2.11. The van der Waals surface area contributed by atoms with Crippen LogP contribution in [-0.2, 0) is 0 Å². The van der Waals surface area contributed by atoms with Gasteiger partial charge >= 0.3 is 6.01 Å². The highest BCUT2D eigenvalue weighted by Crippen LogP contribution is 2.29. The average molecular weight is 299 g/mol. The third-order valence-corrected chi connectivity index (χ3v) is 3.93. The molecule has 4 nitrogen and oxygen atoms in total. The van der Waals surface area contributed by atoms with Crippen LogP contribution in [0.3, 0.4) is 0 Å². The maximum Gasteiger partial charge on any atom is 0.300 e. The Bertz CT molecular complexity index is 890. The molecule has 5 heteroatoms. The van der Waals surface area contributed by atoms with Crippen molar-refractivity contribution in [1.29, 1.82) is 0 Å². The molecule has 104 valence electrons. The molecule has 0 fully saturated rings. The third-order valence-electron chi connectivity index (χ3n) is 3.70. The summed E-state index contributed by atoms with van der Waals surface area (Å²) in [6.45, 7) is 0.413. The number of benzene rings is 2. The lowest BCUT2D eigenvalue weighted by Crippen LogP contribution is -2.23. The van der Waals surface area contributed by atoms with Crippen LogP contribution in [0, 0.1) is 0 Å². The molecule has 0 amide bonds. The van der Waals surface area contributed by atoms with Crippen molar-refractivity contribution in [1.82, 2.24) is 9.55 Å². The Morgan fingerprint density at radius 1 is 1.19 bits per heavy atom. The molecular formula is C16H11ClN2O2. The Labute approximate surface area is 125 Å². The van der Waals surface area contributed by atoms with Crippen molar-refractivity contribution in [3.63, 3.8) is 0 Å². The van der Waals surface area contributed by atoms with Gasteiger partial charge in [-0.3, -0.25) is 9.36 Å². The first kappa shape index (κ1) is 12.4. The molecule has 21 heavy (non-hydrogen) atoms. The monoisotopic (exact) mass is 298 g/mol. The molecule has 0 spiro atoms. The highest BCUT2D eigenvalue weighted by Gasteiger charge is 2.28. The third kappa shape index (κ3) is 1.91. The summed E-state index contributed by atoms with van der Waals surface area (Å²) in [5.41, 5.74) is 1.51. The second kappa shape index (κ2) is 4.60. The van der Waals surface area contributed by atoms with Crippen LogP contribution < -0.4 is 10.3 Å². The van der Waals surface area contributed by atoms with Gasteiger partial charge in [-0.2, -0.15) is 4.98 Å². The first-order valence-corrected chi connectivity index (χ1v) is 7.01. The summed E-state index contributed by atoms with van der Waals surface area (Å²) in [6.07, 6.45) is 0. The van der Waals surface area contributed by atoms with Crippen molar-refractivity contribution < 1.29 is 4.74 Å². The second-order valence-corrected chi connectivity index (χ2v) is 5.40. The van der Waals surface area contributed by atoms with Gasteiger partial charge in [-0.05, 0) is 23.8 Å². The standard InChI is InChI=1S/C16H11ClN2O2/c17-11-6-7-13-12(8-11)15(20)19-14(9-21-16(19)18-13)10-4-2-1-3-5-10/h1-8,14H,9H2. The lowest BCUT2D eigenvalue weighted by molar-refractivity contribution is 0.333. The molecule has 0 N–H and O–H groups in total. The van der Waals surface area contributed by atoms with Gasteiger partial charge < -0.3 is 4.74 Å². The van der Waals surface area contributed by atoms with E-state index in [1.807, 2.05) is 30.3 Å². The van der Waals surface area contributed by atoms with Crippen LogP contribution in [0.25, 0.3) is 10.9 Å². The van der Waals surface area contributed by atoms with Crippen molar-refractivity contribution >= 4 is 22.5 Å². The van der Waals surface area contributed by atoms with Gasteiger partial charge in [-0.25, -0.2) is 0 Å². The fourth-order valence-corrected chi connectivity index (χ4v) is 2.85. The maximum atomic E-state index is 12.7. The first-order chi connectivity index (χ1) is 10.2. The van der Waals surface area contributed by atoms with Crippen LogP contribution in [-0.4, -0.2) is 16.2 Å². The van der Waals surface area contributed by atoms with Gasteiger partial charge in [-0.1, -0.05) is 41.9 Å². The zero-order valence-corrected chi connectivity index (χ0v) is 11.7. The van der Waals surface area contributed by atoms with E-state index in [9.17, 15) is 4.79 Å². The Morgan fingerprint density at radius 2 is 2.00 bits per heavy atom. The largest absolute Gasteiger partial charge is 0.462 e. The predicted octanol–water partition coefficient (Wildman–Crippen LogP) is 3.03. The normalized spacial score (nSPS) is 16.7. The lowest BCUT2D eigenvalue weighted by atomic mass is 10.1. The minimum absolute atomic E-state index is 0.121. The van der Waals surface area contributed by atoms with Crippen LogP contribution in [0.5, 0.6) is 6.01 Å². The summed E-state index contributed by atoms with van der Waals surface area (Å²) in [5, 5.41) is 1.04. The van der Waals surface area contributed by atoms with Gasteiger partial charge in [0.25, 0.3) is 5.56 Å². The molecule has 0 saturated carbocycles. The molecule has 0 aliphatic carbocycles. The fourth-order valence-electron chi connectivity index (χ4n) is 2.68. The van der Waals surface area contributed by atoms with Crippen LogP contribution >= 0.6 is 11.6 Å². The number of nitrogens with zero attached hydrogens (tertiary/aromatic N) is 2. The van der Waals surface area contributed by atoms with Crippen LogP contribution in [0.1, 0.15) is 11.6 Å². The van der Waals surface area contributed by atoms with Crippen molar-refractivity contribution in [2.75, 3.05) is 6.61 Å². The van der Waals surface area contributed by atoms with E-state index in [4.69, 9.17) is 16.3 Å². The second-order valence-electron chi connectivity index (χ2n) is 4.97. The van der Waals surface area contributed by atoms with E-state index in [1.165, 1.54) is 0 Å². The maximum absolute atomic E-state index is 12.7. The fraction of sp³-hybridized carbons (Fsp3) is 0.125. The smallest absolute Gasteiger partial charge is 0.300 e. The van der Waals surface area contributed by atoms with Crippen LogP contribution in [0.15, 0.2) is 53.3 Å². The van der Waals surface area contributed by atoms with Crippen LogP contribution in [0.2, 0.25) is 5.02 Å². The number of ether oxygens (including phenoxy) is 1. The average Bonchev–Trinajstić information content (AvgIpc) is 2.93. The van der Waals surface area contributed by atoms with Crippen LogP contribution in [0.4, 0.5) is 0 Å². The minimum Gasteiger partial charge on any atom is -0.462 e. The Hall–Kier alpha value is -2.33. The molecule has 2 aromatic carbocycles. The molecule has 1 aliphatic rings. The molecule has 1 unspecified atom stereocenters. The molecule has 1 aliphatic heterocycles. The summed E-state index contributed by atoms with van der Waals surface area (Å²) in [6, 6.07) is 15.1. The number of fused-ring (bicyclic) bond motifs is 2. The van der Waals surface area contributed by atoms with Crippen molar-refractivity contribution in [3.8, 4) is 6.01 Å². The molecule has 1 aromatic heterocycles. The Balaban J connectivity index is 1.98. The van der Waals surface area contributed by atoms with Gasteiger partial charge in [0.15, 0.2) is 0 Å². The quantitative estimate of drug-likeness (QED) is 0.693. The van der Waals surface area contributed by atoms with E-state index < -0.39 is 0 Å². The number of hydrogen-bond donors (Lipinski definition) is 0. The van der Waals surface area contributed by atoms with Gasteiger partial charge in [0.1, 0.15) is 12.6 Å². The first-order valence-electron chi connectivity index (χ1n) is 6.63. The zero-order valence-electron chi connectivity index (χ0n) is 11.0.